The lowest BCUT2D eigenvalue weighted by Crippen LogP contribution is -2.38. The Labute approximate surface area is 120 Å². The molecule has 0 atom stereocenters. The van der Waals surface area contributed by atoms with Crippen LogP contribution in [0.25, 0.3) is 0 Å². The number of nitrogens with zero attached hydrogens (tertiary/aromatic N) is 2. The summed E-state index contributed by atoms with van der Waals surface area (Å²) in [4.78, 5) is 8.40. The van der Waals surface area contributed by atoms with Crippen molar-refractivity contribution in [2.24, 2.45) is 5.92 Å². The molecule has 106 valence electrons. The molecule has 3 nitrogen and oxygen atoms in total. The maximum atomic E-state index is 5.95. The van der Waals surface area contributed by atoms with E-state index in [4.69, 9.17) is 4.74 Å². The molecule has 1 fully saturated rings. The van der Waals surface area contributed by atoms with Gasteiger partial charge in [-0.25, -0.2) is 9.97 Å². The summed E-state index contributed by atoms with van der Waals surface area (Å²) < 4.78 is 5.95. The first kappa shape index (κ1) is 14.8. The highest BCUT2D eigenvalue weighted by atomic mass is 32.2. The molecule has 0 spiro atoms. The third kappa shape index (κ3) is 5.11. The average molecular weight is 280 g/mol. The monoisotopic (exact) mass is 280 g/mol. The zero-order valence-corrected chi connectivity index (χ0v) is 13.2. The molecule has 0 bridgehead atoms. The summed E-state index contributed by atoms with van der Waals surface area (Å²) in [6, 6.07) is 2.07. The molecule has 0 radical (unpaired) electrons. The molecule has 0 aromatic carbocycles. The van der Waals surface area contributed by atoms with Crippen molar-refractivity contribution >= 4 is 11.8 Å². The highest BCUT2D eigenvalue weighted by Crippen LogP contribution is 2.35. The lowest BCUT2D eigenvalue weighted by molar-refractivity contribution is -0.108. The second kappa shape index (κ2) is 6.23. The van der Waals surface area contributed by atoms with E-state index in [9.17, 15) is 0 Å². The van der Waals surface area contributed by atoms with E-state index in [2.05, 4.69) is 36.8 Å². The summed E-state index contributed by atoms with van der Waals surface area (Å²) in [5.74, 6) is 3.03. The van der Waals surface area contributed by atoms with E-state index in [0.717, 1.165) is 23.1 Å². The maximum absolute atomic E-state index is 5.95. The van der Waals surface area contributed by atoms with Crippen LogP contribution in [0.2, 0.25) is 0 Å². The van der Waals surface area contributed by atoms with Gasteiger partial charge in [-0.3, -0.25) is 0 Å². The quantitative estimate of drug-likeness (QED) is 0.825. The summed E-state index contributed by atoms with van der Waals surface area (Å²) in [6.07, 6.45) is 4.56. The Morgan fingerprint density at radius 1 is 1.32 bits per heavy atom. The molecule has 0 N–H and O–H groups in total. The van der Waals surface area contributed by atoms with Gasteiger partial charge in [0.05, 0.1) is 17.4 Å². The standard InChI is InChI=1S/C15H24N2OS/c1-11-5-13(17-10-16-11)9-19-8-12-6-14(7-12)18-15(2,3)4/h5,10,12,14H,6-9H2,1-4H3. The summed E-state index contributed by atoms with van der Waals surface area (Å²) in [6.45, 7) is 8.40. The van der Waals surface area contributed by atoms with E-state index in [0.29, 0.717) is 6.10 Å². The van der Waals surface area contributed by atoms with Gasteiger partial charge in [-0.1, -0.05) is 0 Å². The van der Waals surface area contributed by atoms with Crippen LogP contribution in [-0.4, -0.2) is 27.4 Å². The topological polar surface area (TPSA) is 35.0 Å². The van der Waals surface area contributed by atoms with Crippen LogP contribution in [0.15, 0.2) is 12.4 Å². The van der Waals surface area contributed by atoms with Crippen molar-refractivity contribution in [3.8, 4) is 0 Å². The molecule has 1 heterocycles. The number of rotatable bonds is 5. The maximum Gasteiger partial charge on any atom is 0.115 e. The van der Waals surface area contributed by atoms with Crippen molar-refractivity contribution in [1.29, 1.82) is 0 Å². The molecular weight excluding hydrogens is 256 g/mol. The number of aryl methyl sites for hydroxylation is 1. The number of hydrogen-bond donors (Lipinski definition) is 0. The molecule has 4 heteroatoms. The summed E-state index contributed by atoms with van der Waals surface area (Å²) in [5.41, 5.74) is 2.19. The van der Waals surface area contributed by atoms with Gasteiger partial charge in [0.2, 0.25) is 0 Å². The predicted octanol–water partition coefficient (Wildman–Crippen LogP) is 3.61. The van der Waals surface area contributed by atoms with Gasteiger partial charge in [-0.15, -0.1) is 0 Å². The summed E-state index contributed by atoms with van der Waals surface area (Å²) in [7, 11) is 0. The lowest BCUT2D eigenvalue weighted by atomic mass is 9.83. The fourth-order valence-corrected chi connectivity index (χ4v) is 3.42. The third-order valence-corrected chi connectivity index (χ3v) is 4.38. The second-order valence-corrected chi connectivity index (χ2v) is 7.39. The van der Waals surface area contributed by atoms with Gasteiger partial charge in [-0.2, -0.15) is 11.8 Å². The van der Waals surface area contributed by atoms with Crippen LogP contribution < -0.4 is 0 Å². The minimum Gasteiger partial charge on any atom is -0.373 e. The third-order valence-electron chi connectivity index (χ3n) is 3.18. The number of ether oxygens (including phenoxy) is 1. The Morgan fingerprint density at radius 3 is 2.68 bits per heavy atom. The molecule has 1 aliphatic rings. The minimum atomic E-state index is 0.00125. The van der Waals surface area contributed by atoms with E-state index in [1.165, 1.54) is 18.6 Å². The molecule has 1 aromatic rings. The normalized spacial score (nSPS) is 23.2. The molecule has 2 rings (SSSR count). The SMILES string of the molecule is Cc1cc(CSCC2CC(OC(C)(C)C)C2)ncn1. The van der Waals surface area contributed by atoms with Crippen molar-refractivity contribution in [3.05, 3.63) is 23.8 Å². The zero-order chi connectivity index (χ0) is 13.9. The van der Waals surface area contributed by atoms with Crippen LogP contribution in [0.1, 0.15) is 45.0 Å². The molecule has 19 heavy (non-hydrogen) atoms. The Balaban J connectivity index is 1.61. The Morgan fingerprint density at radius 2 is 2.05 bits per heavy atom. The van der Waals surface area contributed by atoms with Crippen LogP contribution in [0.3, 0.4) is 0 Å². The predicted molar refractivity (Wildman–Crippen MR) is 80.3 cm³/mol. The largest absolute Gasteiger partial charge is 0.373 e. The fourth-order valence-electron chi connectivity index (χ4n) is 2.33. The van der Waals surface area contributed by atoms with E-state index in [1.807, 2.05) is 18.7 Å². The van der Waals surface area contributed by atoms with Crippen LogP contribution >= 0.6 is 11.8 Å². The van der Waals surface area contributed by atoms with Gasteiger partial charge >= 0.3 is 0 Å². The molecule has 1 saturated carbocycles. The molecule has 0 unspecified atom stereocenters. The highest BCUT2D eigenvalue weighted by Gasteiger charge is 2.32. The second-order valence-electron chi connectivity index (χ2n) is 6.36. The Hall–Kier alpha value is -0.610. The van der Waals surface area contributed by atoms with Crippen LogP contribution in [0, 0.1) is 12.8 Å². The first-order valence-electron chi connectivity index (χ1n) is 6.95. The van der Waals surface area contributed by atoms with Crippen molar-refractivity contribution in [3.63, 3.8) is 0 Å². The van der Waals surface area contributed by atoms with E-state index in [1.54, 1.807) is 6.33 Å². The van der Waals surface area contributed by atoms with Gasteiger partial charge in [0.15, 0.2) is 0 Å². The van der Waals surface area contributed by atoms with Gasteiger partial charge in [0.1, 0.15) is 6.33 Å². The lowest BCUT2D eigenvalue weighted by Gasteiger charge is -2.39. The number of thioether (sulfide) groups is 1. The fraction of sp³-hybridized carbons (Fsp3) is 0.733. The summed E-state index contributed by atoms with van der Waals surface area (Å²) >= 11 is 1.97. The van der Waals surface area contributed by atoms with Crippen LogP contribution in [0.5, 0.6) is 0 Å². The zero-order valence-electron chi connectivity index (χ0n) is 12.3. The Bertz CT molecular complexity index is 411. The molecule has 1 aliphatic carbocycles. The van der Waals surface area contributed by atoms with Gasteiger partial charge < -0.3 is 4.74 Å². The average Bonchev–Trinajstić information content (AvgIpc) is 2.24. The van der Waals surface area contributed by atoms with Crippen LogP contribution in [-0.2, 0) is 10.5 Å². The molecular formula is C15H24N2OS. The van der Waals surface area contributed by atoms with Gasteiger partial charge in [-0.05, 0) is 58.3 Å². The first-order chi connectivity index (χ1) is 8.92. The van der Waals surface area contributed by atoms with Crippen molar-refractivity contribution in [1.82, 2.24) is 9.97 Å². The van der Waals surface area contributed by atoms with Crippen molar-refractivity contribution < 1.29 is 4.74 Å². The number of aromatic nitrogens is 2. The first-order valence-corrected chi connectivity index (χ1v) is 8.11. The number of hydrogen-bond acceptors (Lipinski definition) is 4. The Kier molecular flexibility index (Phi) is 4.85. The molecule has 0 aliphatic heterocycles. The molecule has 0 amide bonds. The molecule has 0 saturated heterocycles. The highest BCUT2D eigenvalue weighted by molar-refractivity contribution is 7.98. The van der Waals surface area contributed by atoms with E-state index in [-0.39, 0.29) is 5.60 Å². The van der Waals surface area contributed by atoms with Crippen molar-refractivity contribution in [2.45, 2.75) is 58.0 Å². The van der Waals surface area contributed by atoms with Gasteiger partial charge in [0, 0.05) is 11.4 Å². The van der Waals surface area contributed by atoms with Crippen molar-refractivity contribution in [2.75, 3.05) is 5.75 Å². The van der Waals surface area contributed by atoms with E-state index < -0.39 is 0 Å². The molecule has 1 aromatic heterocycles. The summed E-state index contributed by atoms with van der Waals surface area (Å²) in [5, 5.41) is 0. The van der Waals surface area contributed by atoms with Crippen LogP contribution in [0.4, 0.5) is 0 Å². The van der Waals surface area contributed by atoms with Gasteiger partial charge in [0.25, 0.3) is 0 Å². The minimum absolute atomic E-state index is 0.00125. The smallest absolute Gasteiger partial charge is 0.115 e. The van der Waals surface area contributed by atoms with E-state index >= 15 is 0 Å².